The molecule has 4 heteroatoms. The Morgan fingerprint density at radius 3 is 1.93 bits per heavy atom. The highest BCUT2D eigenvalue weighted by Crippen LogP contribution is 2.55. The van der Waals surface area contributed by atoms with Crippen LogP contribution in [0.1, 0.15) is 49.7 Å². The van der Waals surface area contributed by atoms with E-state index in [9.17, 15) is 4.79 Å². The molecule has 0 aromatic heterocycles. The van der Waals surface area contributed by atoms with Crippen molar-refractivity contribution < 1.29 is 4.79 Å². The molecule has 7 rings (SSSR count). The maximum atomic E-state index is 13.1. The molecule has 1 aliphatic heterocycles. The van der Waals surface area contributed by atoms with Crippen LogP contribution in [0.2, 0.25) is 0 Å². The molecule has 1 saturated heterocycles. The Bertz CT molecular complexity index is 707. The van der Waals surface area contributed by atoms with E-state index in [4.69, 9.17) is 0 Å². The second kappa shape index (κ2) is 6.48. The minimum atomic E-state index is 0.135. The van der Waals surface area contributed by atoms with E-state index in [1.807, 2.05) is 0 Å². The SMILES string of the molecule is O=C(NC12CC3CC(CC(C3)C1)C2)N1CCN(C2Cc3ccccc3C2)CC1. The molecule has 4 nitrogen and oxygen atoms in total. The average Bonchev–Trinajstić information content (AvgIpc) is 3.11. The van der Waals surface area contributed by atoms with Crippen molar-refractivity contribution in [2.45, 2.75) is 62.9 Å². The normalized spacial score (nSPS) is 37.3. The topological polar surface area (TPSA) is 35.6 Å². The van der Waals surface area contributed by atoms with Gasteiger partial charge in [0.05, 0.1) is 0 Å². The van der Waals surface area contributed by atoms with Gasteiger partial charge in [-0.1, -0.05) is 24.3 Å². The molecule has 0 unspecified atom stereocenters. The van der Waals surface area contributed by atoms with Crippen molar-refractivity contribution in [1.29, 1.82) is 0 Å². The van der Waals surface area contributed by atoms with Crippen molar-refractivity contribution in [2.75, 3.05) is 26.2 Å². The first-order valence-electron chi connectivity index (χ1n) is 11.5. The summed E-state index contributed by atoms with van der Waals surface area (Å²) in [6.45, 7) is 3.80. The standard InChI is InChI=1S/C24H33N3O/c28-23(25-24-14-17-9-18(15-24)11-19(10-17)16-24)27-7-5-26(6-8-27)22-12-20-3-1-2-4-21(20)13-22/h1-4,17-19,22H,5-16H2,(H,25,28). The van der Waals surface area contributed by atoms with Gasteiger partial charge in [0.25, 0.3) is 0 Å². The van der Waals surface area contributed by atoms with Crippen molar-refractivity contribution in [1.82, 2.24) is 15.1 Å². The molecule has 150 valence electrons. The number of amides is 2. The van der Waals surface area contributed by atoms with Gasteiger partial charge >= 0.3 is 6.03 Å². The van der Waals surface area contributed by atoms with Gasteiger partial charge < -0.3 is 10.2 Å². The number of hydrogen-bond acceptors (Lipinski definition) is 2. The van der Waals surface area contributed by atoms with Crippen LogP contribution >= 0.6 is 0 Å². The molecule has 0 spiro atoms. The number of piperazine rings is 1. The molecular formula is C24H33N3O. The lowest BCUT2D eigenvalue weighted by atomic mass is 9.53. The van der Waals surface area contributed by atoms with Crippen molar-refractivity contribution in [3.05, 3.63) is 35.4 Å². The Morgan fingerprint density at radius 1 is 0.857 bits per heavy atom. The van der Waals surface area contributed by atoms with Gasteiger partial charge in [0.2, 0.25) is 0 Å². The van der Waals surface area contributed by atoms with Gasteiger partial charge in [-0.15, -0.1) is 0 Å². The van der Waals surface area contributed by atoms with E-state index in [2.05, 4.69) is 39.4 Å². The summed E-state index contributed by atoms with van der Waals surface area (Å²) in [5.74, 6) is 2.65. The lowest BCUT2D eigenvalue weighted by Gasteiger charge is -2.57. The van der Waals surface area contributed by atoms with E-state index >= 15 is 0 Å². The fraction of sp³-hybridized carbons (Fsp3) is 0.708. The highest BCUT2D eigenvalue weighted by atomic mass is 16.2. The van der Waals surface area contributed by atoms with E-state index in [0.29, 0.717) is 6.04 Å². The Balaban J connectivity index is 1.05. The lowest BCUT2D eigenvalue weighted by molar-refractivity contribution is -0.0167. The van der Waals surface area contributed by atoms with Gasteiger partial charge in [-0.05, 0) is 80.2 Å². The van der Waals surface area contributed by atoms with Crippen LogP contribution in [0.3, 0.4) is 0 Å². The molecule has 5 fully saturated rings. The summed E-state index contributed by atoms with van der Waals surface area (Å²) in [5.41, 5.74) is 3.18. The predicted molar refractivity (Wildman–Crippen MR) is 110 cm³/mol. The van der Waals surface area contributed by atoms with E-state index in [-0.39, 0.29) is 11.6 Å². The lowest BCUT2D eigenvalue weighted by Crippen LogP contribution is -2.63. The first-order valence-corrected chi connectivity index (χ1v) is 11.5. The van der Waals surface area contributed by atoms with E-state index in [1.54, 1.807) is 0 Å². The van der Waals surface area contributed by atoms with E-state index < -0.39 is 0 Å². The molecule has 0 radical (unpaired) electrons. The molecule has 1 heterocycles. The second-order valence-corrected chi connectivity index (χ2v) is 10.5. The first kappa shape index (κ1) is 17.3. The summed E-state index contributed by atoms with van der Waals surface area (Å²) >= 11 is 0. The summed E-state index contributed by atoms with van der Waals surface area (Å²) in [6, 6.07) is 9.73. The summed E-state index contributed by atoms with van der Waals surface area (Å²) in [6.07, 6.45) is 10.4. The third-order valence-corrected chi connectivity index (χ3v) is 8.56. The van der Waals surface area contributed by atoms with Crippen molar-refractivity contribution in [2.24, 2.45) is 17.8 Å². The van der Waals surface area contributed by atoms with Gasteiger partial charge in [0.15, 0.2) is 0 Å². The molecule has 0 atom stereocenters. The number of hydrogen-bond donors (Lipinski definition) is 1. The highest BCUT2D eigenvalue weighted by molar-refractivity contribution is 5.75. The van der Waals surface area contributed by atoms with Crippen LogP contribution < -0.4 is 5.32 Å². The summed E-state index contributed by atoms with van der Waals surface area (Å²) in [7, 11) is 0. The van der Waals surface area contributed by atoms with Crippen LogP contribution in [-0.4, -0.2) is 53.6 Å². The largest absolute Gasteiger partial charge is 0.333 e. The molecule has 4 bridgehead atoms. The fourth-order valence-electron chi connectivity index (χ4n) is 7.65. The fourth-order valence-corrected chi connectivity index (χ4v) is 7.65. The molecule has 1 N–H and O–H groups in total. The zero-order valence-electron chi connectivity index (χ0n) is 16.9. The smallest absolute Gasteiger partial charge is 0.317 e. The third-order valence-electron chi connectivity index (χ3n) is 8.56. The minimum absolute atomic E-state index is 0.135. The molecule has 4 saturated carbocycles. The van der Waals surface area contributed by atoms with Crippen LogP contribution in [0, 0.1) is 17.8 Å². The molecule has 6 aliphatic rings. The average molecular weight is 380 g/mol. The highest BCUT2D eigenvalue weighted by Gasteiger charge is 2.51. The Kier molecular flexibility index (Phi) is 4.01. The van der Waals surface area contributed by atoms with Gasteiger partial charge in [-0.2, -0.15) is 0 Å². The number of benzene rings is 1. The predicted octanol–water partition coefficient (Wildman–Crippen LogP) is 3.45. The first-order chi connectivity index (χ1) is 13.7. The number of carbonyl (C=O) groups excluding carboxylic acids is 1. The summed E-state index contributed by atoms with van der Waals surface area (Å²) in [5, 5.41) is 3.56. The number of nitrogens with one attached hydrogen (secondary N) is 1. The number of nitrogens with zero attached hydrogens (tertiary/aromatic N) is 2. The van der Waals surface area contributed by atoms with Gasteiger partial charge in [-0.25, -0.2) is 4.79 Å². The summed E-state index contributed by atoms with van der Waals surface area (Å²) in [4.78, 5) is 17.8. The van der Waals surface area contributed by atoms with Crippen LogP contribution in [0.4, 0.5) is 4.79 Å². The Hall–Kier alpha value is -1.55. The zero-order chi connectivity index (χ0) is 18.7. The molecular weight excluding hydrogens is 346 g/mol. The Morgan fingerprint density at radius 2 is 1.39 bits per heavy atom. The quantitative estimate of drug-likeness (QED) is 0.854. The molecule has 28 heavy (non-hydrogen) atoms. The van der Waals surface area contributed by atoms with Gasteiger partial charge in [-0.3, -0.25) is 4.90 Å². The number of urea groups is 1. The van der Waals surface area contributed by atoms with Crippen LogP contribution in [0.25, 0.3) is 0 Å². The zero-order valence-corrected chi connectivity index (χ0v) is 16.9. The van der Waals surface area contributed by atoms with Crippen molar-refractivity contribution >= 4 is 6.03 Å². The molecule has 2 amide bonds. The second-order valence-electron chi connectivity index (χ2n) is 10.5. The number of carbonyl (C=O) groups is 1. The number of rotatable bonds is 2. The van der Waals surface area contributed by atoms with Crippen LogP contribution in [0.15, 0.2) is 24.3 Å². The van der Waals surface area contributed by atoms with Crippen molar-refractivity contribution in [3.63, 3.8) is 0 Å². The minimum Gasteiger partial charge on any atom is -0.333 e. The Labute approximate surface area is 168 Å². The monoisotopic (exact) mass is 379 g/mol. The van der Waals surface area contributed by atoms with Gasteiger partial charge in [0.1, 0.15) is 0 Å². The van der Waals surface area contributed by atoms with Crippen LogP contribution in [0.5, 0.6) is 0 Å². The molecule has 1 aromatic rings. The molecule has 5 aliphatic carbocycles. The van der Waals surface area contributed by atoms with Crippen LogP contribution in [-0.2, 0) is 12.8 Å². The number of fused-ring (bicyclic) bond motifs is 1. The van der Waals surface area contributed by atoms with E-state index in [0.717, 1.165) is 43.9 Å². The van der Waals surface area contributed by atoms with E-state index in [1.165, 1.54) is 62.5 Å². The molecule has 1 aromatic carbocycles. The maximum Gasteiger partial charge on any atom is 0.317 e. The third kappa shape index (κ3) is 2.96. The summed E-state index contributed by atoms with van der Waals surface area (Å²) < 4.78 is 0. The van der Waals surface area contributed by atoms with Crippen molar-refractivity contribution in [3.8, 4) is 0 Å². The van der Waals surface area contributed by atoms with Gasteiger partial charge in [0, 0.05) is 37.8 Å². The maximum absolute atomic E-state index is 13.1.